The van der Waals surface area contributed by atoms with Gasteiger partial charge in [0.05, 0.1) is 12.1 Å². The topological polar surface area (TPSA) is 67.5 Å². The summed E-state index contributed by atoms with van der Waals surface area (Å²) in [5.41, 5.74) is 1.17. The van der Waals surface area contributed by atoms with Crippen molar-refractivity contribution >= 4 is 24.3 Å². The molecule has 1 N–H and O–H groups in total. The molecule has 0 aromatic carbocycles. The summed E-state index contributed by atoms with van der Waals surface area (Å²) in [5, 5.41) is 8.56. The normalized spacial score (nSPS) is 9.79. The number of aliphatic carboxylic acids is 1. The van der Waals surface area contributed by atoms with Crippen LogP contribution in [0, 0.1) is 0 Å². The molecule has 0 aliphatic rings. The van der Waals surface area contributed by atoms with Crippen molar-refractivity contribution in [3.8, 4) is 0 Å². The first-order valence-corrected chi connectivity index (χ1v) is 3.97. The van der Waals surface area contributed by atoms with Crippen LogP contribution in [-0.2, 0) is 11.2 Å². The van der Waals surface area contributed by atoms with Gasteiger partial charge >= 0.3 is 5.97 Å². The fraction of sp³-hybridized carbons (Fsp3) is 0.222. The summed E-state index contributed by atoms with van der Waals surface area (Å²) >= 11 is 0. The lowest BCUT2D eigenvalue weighted by Gasteiger charge is -1.99. The second kappa shape index (κ2) is 3.87. The zero-order valence-electron chi connectivity index (χ0n) is 7.90. The summed E-state index contributed by atoms with van der Waals surface area (Å²) < 4.78 is 1.60. The molecule has 0 radical (unpaired) electrons. The van der Waals surface area contributed by atoms with E-state index >= 15 is 0 Å². The minimum atomic E-state index is -0.924. The van der Waals surface area contributed by atoms with Crippen LogP contribution in [0.5, 0.6) is 0 Å². The Morgan fingerprint density at radius 1 is 1.79 bits per heavy atom. The Labute approximate surface area is 81.4 Å². The Balaban J connectivity index is 3.06. The van der Waals surface area contributed by atoms with E-state index in [1.807, 2.05) is 0 Å². The average Bonchev–Trinajstić information content (AvgIpc) is 2.46. The van der Waals surface area contributed by atoms with Gasteiger partial charge in [-0.25, -0.2) is 9.98 Å². The molecule has 0 amide bonds. The molecule has 1 aromatic heterocycles. The van der Waals surface area contributed by atoms with Gasteiger partial charge in [0.1, 0.15) is 0 Å². The molecule has 0 aliphatic heterocycles. The van der Waals surface area contributed by atoms with Crippen LogP contribution in [0.4, 0.5) is 5.95 Å². The Morgan fingerprint density at radius 3 is 2.79 bits per heavy atom. The minimum absolute atomic E-state index is 0.122. The third-order valence-corrected chi connectivity index (χ3v) is 1.62. The van der Waals surface area contributed by atoms with Crippen molar-refractivity contribution in [3.63, 3.8) is 0 Å². The number of rotatable bonds is 4. The van der Waals surface area contributed by atoms with E-state index in [9.17, 15) is 4.79 Å². The second-order valence-electron chi connectivity index (χ2n) is 2.87. The lowest BCUT2D eigenvalue weighted by atomic mass is 10.3. The van der Waals surface area contributed by atoms with E-state index in [0.717, 1.165) is 5.70 Å². The predicted octanol–water partition coefficient (Wildman–Crippen LogP) is 1.33. The maximum Gasteiger partial charge on any atom is 0.309 e. The molecule has 0 saturated heterocycles. The molecule has 0 saturated carbocycles. The summed E-state index contributed by atoms with van der Waals surface area (Å²) in [4.78, 5) is 18.1. The van der Waals surface area contributed by atoms with E-state index in [0.29, 0.717) is 11.6 Å². The van der Waals surface area contributed by atoms with E-state index in [2.05, 4.69) is 23.3 Å². The summed E-state index contributed by atoms with van der Waals surface area (Å²) in [6.45, 7) is 8.84. The molecule has 1 aromatic rings. The number of aromatic nitrogens is 2. The van der Waals surface area contributed by atoms with Gasteiger partial charge in [0, 0.05) is 11.9 Å². The summed E-state index contributed by atoms with van der Waals surface area (Å²) in [6.07, 6.45) is 1.48. The average molecular weight is 193 g/mol. The lowest BCUT2D eigenvalue weighted by molar-refractivity contribution is -0.136. The Bertz CT molecular complexity index is 393. The van der Waals surface area contributed by atoms with Gasteiger partial charge in [-0.1, -0.05) is 6.58 Å². The quantitative estimate of drug-likeness (QED) is 0.733. The molecular formula is C9H11N3O2. The van der Waals surface area contributed by atoms with E-state index in [4.69, 9.17) is 5.11 Å². The summed E-state index contributed by atoms with van der Waals surface area (Å²) in [5.74, 6) is -0.555. The molecule has 5 heteroatoms. The molecule has 0 spiro atoms. The highest BCUT2D eigenvalue weighted by molar-refractivity contribution is 5.69. The molecule has 0 aliphatic carbocycles. The van der Waals surface area contributed by atoms with Crippen molar-refractivity contribution in [1.29, 1.82) is 0 Å². The van der Waals surface area contributed by atoms with E-state index < -0.39 is 5.97 Å². The number of carboxylic acids is 1. The van der Waals surface area contributed by atoms with Crippen molar-refractivity contribution < 1.29 is 9.90 Å². The Hall–Kier alpha value is -1.91. The van der Waals surface area contributed by atoms with Crippen LogP contribution in [0.15, 0.2) is 17.8 Å². The highest BCUT2D eigenvalue weighted by Gasteiger charge is 2.09. The van der Waals surface area contributed by atoms with E-state index in [1.165, 1.54) is 0 Å². The standard InChI is InChI=1S/C9H11N3O2/c1-6(2)12-5-7(4-8(13)14)11-9(12)10-3/h5H,1,3-4H2,2H3,(H,13,14). The van der Waals surface area contributed by atoms with Gasteiger partial charge in [-0.15, -0.1) is 0 Å². The smallest absolute Gasteiger partial charge is 0.309 e. The van der Waals surface area contributed by atoms with Crippen LogP contribution >= 0.6 is 0 Å². The predicted molar refractivity (Wildman–Crippen MR) is 53.8 cm³/mol. The molecule has 0 atom stereocenters. The van der Waals surface area contributed by atoms with Crippen LogP contribution in [-0.4, -0.2) is 27.3 Å². The number of hydrogen-bond donors (Lipinski definition) is 1. The third kappa shape index (κ3) is 2.07. The monoisotopic (exact) mass is 193 g/mol. The molecule has 1 heterocycles. The number of aliphatic imine (C=N–C) groups is 1. The van der Waals surface area contributed by atoms with Crippen molar-refractivity contribution in [2.24, 2.45) is 4.99 Å². The van der Waals surface area contributed by atoms with Gasteiger partial charge in [0.15, 0.2) is 0 Å². The highest BCUT2D eigenvalue weighted by atomic mass is 16.4. The highest BCUT2D eigenvalue weighted by Crippen LogP contribution is 2.16. The maximum absolute atomic E-state index is 10.4. The first-order chi connectivity index (χ1) is 6.54. The number of hydrogen-bond acceptors (Lipinski definition) is 3. The number of allylic oxidation sites excluding steroid dienone is 1. The van der Waals surface area contributed by atoms with Crippen molar-refractivity contribution in [3.05, 3.63) is 18.5 Å². The molecule has 14 heavy (non-hydrogen) atoms. The minimum Gasteiger partial charge on any atom is -0.481 e. The molecule has 0 bridgehead atoms. The number of carboxylic acid groups (broad SMARTS) is 1. The van der Waals surface area contributed by atoms with Gasteiger partial charge < -0.3 is 5.11 Å². The summed E-state index contributed by atoms with van der Waals surface area (Å²) in [7, 11) is 0. The molecule has 0 unspecified atom stereocenters. The van der Waals surface area contributed by atoms with Crippen molar-refractivity contribution in [2.45, 2.75) is 13.3 Å². The Kier molecular flexibility index (Phi) is 2.81. The molecule has 0 fully saturated rings. The van der Waals surface area contributed by atoms with Gasteiger partial charge in [0.2, 0.25) is 5.95 Å². The van der Waals surface area contributed by atoms with Gasteiger partial charge in [0.25, 0.3) is 0 Å². The van der Waals surface area contributed by atoms with Crippen LogP contribution in [0.1, 0.15) is 12.6 Å². The van der Waals surface area contributed by atoms with Crippen LogP contribution in [0.25, 0.3) is 5.70 Å². The first kappa shape index (κ1) is 10.2. The first-order valence-electron chi connectivity index (χ1n) is 3.97. The van der Waals surface area contributed by atoms with Gasteiger partial charge in [-0.2, -0.15) is 0 Å². The maximum atomic E-state index is 10.4. The SMILES string of the molecule is C=Nc1nc(CC(=O)O)cn1C(=C)C. The number of carbonyl (C=O) groups is 1. The molecule has 1 rings (SSSR count). The van der Waals surface area contributed by atoms with Crippen molar-refractivity contribution in [2.75, 3.05) is 0 Å². The molecule has 74 valence electrons. The number of nitrogens with zero attached hydrogens (tertiary/aromatic N) is 3. The van der Waals surface area contributed by atoms with Crippen LogP contribution in [0.2, 0.25) is 0 Å². The molecular weight excluding hydrogens is 182 g/mol. The van der Waals surface area contributed by atoms with Crippen LogP contribution < -0.4 is 0 Å². The fourth-order valence-corrected chi connectivity index (χ4v) is 1.05. The third-order valence-electron chi connectivity index (χ3n) is 1.62. The zero-order chi connectivity index (χ0) is 10.7. The van der Waals surface area contributed by atoms with Gasteiger partial charge in [-0.3, -0.25) is 9.36 Å². The second-order valence-corrected chi connectivity index (χ2v) is 2.87. The largest absolute Gasteiger partial charge is 0.481 e. The van der Waals surface area contributed by atoms with Crippen LogP contribution in [0.3, 0.4) is 0 Å². The van der Waals surface area contributed by atoms with Crippen molar-refractivity contribution in [1.82, 2.24) is 9.55 Å². The fourth-order valence-electron chi connectivity index (χ4n) is 1.05. The molecule has 5 nitrogen and oxygen atoms in total. The lowest BCUT2D eigenvalue weighted by Crippen LogP contribution is -1.99. The van der Waals surface area contributed by atoms with Gasteiger partial charge in [-0.05, 0) is 13.6 Å². The number of imidazole rings is 1. The van der Waals surface area contributed by atoms with E-state index in [-0.39, 0.29) is 6.42 Å². The van der Waals surface area contributed by atoms with E-state index in [1.54, 1.807) is 17.7 Å². The zero-order valence-corrected chi connectivity index (χ0v) is 7.90. The summed E-state index contributed by atoms with van der Waals surface area (Å²) in [6, 6.07) is 0. The Morgan fingerprint density at radius 2 is 2.43 bits per heavy atom.